The average molecular weight is 566 g/mol. The highest BCUT2D eigenvalue weighted by atomic mass is 16.6. The molecule has 0 spiro atoms. The Kier molecular flexibility index (Phi) is 8.03. The van der Waals surface area contributed by atoms with E-state index in [1.807, 2.05) is 94.5 Å². The molecule has 0 saturated carbocycles. The first-order chi connectivity index (χ1) is 20.6. The smallest absolute Gasteiger partial charge is 0.415 e. The third-order valence-electron chi connectivity index (χ3n) is 7.85. The number of anilines is 1. The van der Waals surface area contributed by atoms with Crippen molar-refractivity contribution in [3.63, 3.8) is 0 Å². The van der Waals surface area contributed by atoms with Gasteiger partial charge in [0.15, 0.2) is 0 Å². The summed E-state index contributed by atoms with van der Waals surface area (Å²) in [5.74, 6) is 0.727. The molecule has 9 heteroatoms. The number of nitrogens with one attached hydrogen (secondary N) is 1. The number of hydrogen-bond donors (Lipinski definition) is 1. The van der Waals surface area contributed by atoms with E-state index in [1.54, 1.807) is 7.11 Å². The first-order valence-corrected chi connectivity index (χ1v) is 14.3. The number of para-hydroxylation sites is 1. The van der Waals surface area contributed by atoms with E-state index in [4.69, 9.17) is 19.2 Å². The molecule has 216 valence electrons. The standard InChI is InChI=1S/C33H35N5O4/c1-33(14-16-34-17-15-33)38(32(39)42-23-24-7-4-3-5-8-24)28-10-6-9-25-11-12-27(36-31(25)28)29-22-35-30-21-26(13-18-37(29)30)41-20-19-40-2/h3-13,18,21-22,34H,14-17,19-20,23H2,1-2H3. The van der Waals surface area contributed by atoms with Crippen LogP contribution in [0.5, 0.6) is 5.75 Å². The monoisotopic (exact) mass is 565 g/mol. The molecule has 0 unspecified atom stereocenters. The van der Waals surface area contributed by atoms with Crippen molar-refractivity contribution >= 4 is 28.3 Å². The van der Waals surface area contributed by atoms with Crippen molar-refractivity contribution in [2.24, 2.45) is 0 Å². The zero-order valence-corrected chi connectivity index (χ0v) is 24.0. The second kappa shape index (κ2) is 12.2. The number of amides is 1. The van der Waals surface area contributed by atoms with E-state index < -0.39 is 5.54 Å². The number of rotatable bonds is 9. The minimum atomic E-state index is -0.437. The maximum Gasteiger partial charge on any atom is 0.415 e. The molecule has 0 atom stereocenters. The topological polar surface area (TPSA) is 90.2 Å². The van der Waals surface area contributed by atoms with E-state index in [9.17, 15) is 4.79 Å². The summed E-state index contributed by atoms with van der Waals surface area (Å²) in [6.45, 7) is 4.96. The van der Waals surface area contributed by atoms with Crippen molar-refractivity contribution < 1.29 is 19.0 Å². The maximum absolute atomic E-state index is 13.9. The van der Waals surface area contributed by atoms with Crippen LogP contribution in [0.4, 0.5) is 10.5 Å². The Hall–Kier alpha value is -4.47. The normalized spacial score (nSPS) is 14.6. The summed E-state index contributed by atoms with van der Waals surface area (Å²) in [6.07, 6.45) is 4.96. The third-order valence-corrected chi connectivity index (χ3v) is 7.85. The van der Waals surface area contributed by atoms with Crippen LogP contribution in [-0.2, 0) is 16.1 Å². The van der Waals surface area contributed by atoms with Gasteiger partial charge in [-0.25, -0.2) is 14.8 Å². The Bertz CT molecular complexity index is 1680. The van der Waals surface area contributed by atoms with Crippen LogP contribution in [0.15, 0.2) is 85.2 Å². The molecule has 42 heavy (non-hydrogen) atoms. The zero-order valence-electron chi connectivity index (χ0n) is 24.0. The SMILES string of the molecule is COCCOc1ccn2c(-c3ccc4cccc(N(C(=O)OCc5ccccc5)C5(C)CCNCC5)c4n3)cnc2c1. The summed E-state index contributed by atoms with van der Waals surface area (Å²) in [6, 6.07) is 23.6. The Morgan fingerprint density at radius 1 is 1.02 bits per heavy atom. The summed E-state index contributed by atoms with van der Waals surface area (Å²) >= 11 is 0. The molecule has 4 heterocycles. The predicted molar refractivity (Wildman–Crippen MR) is 163 cm³/mol. The summed E-state index contributed by atoms with van der Waals surface area (Å²) < 4.78 is 18.7. The van der Waals surface area contributed by atoms with Gasteiger partial charge in [-0.05, 0) is 56.6 Å². The Morgan fingerprint density at radius 3 is 2.67 bits per heavy atom. The molecule has 1 fully saturated rings. The molecule has 2 aromatic carbocycles. The van der Waals surface area contributed by atoms with Gasteiger partial charge in [0.2, 0.25) is 0 Å². The largest absolute Gasteiger partial charge is 0.491 e. The molecule has 1 amide bonds. The maximum atomic E-state index is 13.9. The summed E-state index contributed by atoms with van der Waals surface area (Å²) in [5, 5.41) is 4.37. The number of piperidine rings is 1. The molecule has 5 aromatic rings. The van der Waals surface area contributed by atoms with Gasteiger partial charge in [0.25, 0.3) is 0 Å². The van der Waals surface area contributed by atoms with Crippen LogP contribution in [0.25, 0.3) is 27.9 Å². The van der Waals surface area contributed by atoms with Crippen LogP contribution in [0.2, 0.25) is 0 Å². The van der Waals surface area contributed by atoms with Crippen LogP contribution in [0, 0.1) is 0 Å². The Morgan fingerprint density at radius 2 is 1.86 bits per heavy atom. The molecule has 3 aromatic heterocycles. The predicted octanol–water partition coefficient (Wildman–Crippen LogP) is 5.86. The molecule has 0 radical (unpaired) electrons. The molecule has 1 saturated heterocycles. The number of imidazole rings is 1. The van der Waals surface area contributed by atoms with Crippen LogP contribution >= 0.6 is 0 Å². The Labute approximate surface area is 245 Å². The number of hydrogen-bond acceptors (Lipinski definition) is 7. The van der Waals surface area contributed by atoms with Gasteiger partial charge in [-0.15, -0.1) is 0 Å². The number of pyridine rings is 2. The van der Waals surface area contributed by atoms with E-state index in [-0.39, 0.29) is 12.7 Å². The summed E-state index contributed by atoms with van der Waals surface area (Å²) in [7, 11) is 1.65. The van der Waals surface area contributed by atoms with E-state index >= 15 is 0 Å². The minimum Gasteiger partial charge on any atom is -0.491 e. The molecule has 0 bridgehead atoms. The molecule has 1 N–H and O–H groups in total. The number of carbonyl (C=O) groups is 1. The lowest BCUT2D eigenvalue weighted by molar-refractivity contribution is 0.136. The highest BCUT2D eigenvalue weighted by Gasteiger charge is 2.39. The van der Waals surface area contributed by atoms with Gasteiger partial charge in [-0.3, -0.25) is 9.30 Å². The van der Waals surface area contributed by atoms with Crippen LogP contribution < -0.4 is 15.0 Å². The highest BCUT2D eigenvalue weighted by molar-refractivity contribution is 6.01. The highest BCUT2D eigenvalue weighted by Crippen LogP contribution is 2.37. The molecule has 6 rings (SSSR count). The third kappa shape index (κ3) is 5.66. The quantitative estimate of drug-likeness (QED) is 0.224. The molecule has 1 aliphatic rings. The number of ether oxygens (including phenoxy) is 3. The number of benzene rings is 2. The van der Waals surface area contributed by atoms with E-state index in [0.717, 1.165) is 70.9 Å². The summed E-state index contributed by atoms with van der Waals surface area (Å²) in [5.41, 5.74) is 4.33. The van der Waals surface area contributed by atoms with E-state index in [1.165, 1.54) is 0 Å². The molecule has 9 nitrogen and oxygen atoms in total. The van der Waals surface area contributed by atoms with Crippen molar-refractivity contribution in [3.05, 3.63) is 90.8 Å². The first-order valence-electron chi connectivity index (χ1n) is 14.3. The van der Waals surface area contributed by atoms with Gasteiger partial charge >= 0.3 is 6.09 Å². The molecular formula is C33H35N5O4. The molecule has 0 aliphatic carbocycles. The number of fused-ring (bicyclic) bond motifs is 2. The Balaban J connectivity index is 1.38. The van der Waals surface area contributed by atoms with E-state index in [2.05, 4.69) is 17.2 Å². The second-order valence-electron chi connectivity index (χ2n) is 10.7. The van der Waals surface area contributed by atoms with Crippen molar-refractivity contribution in [3.8, 4) is 17.1 Å². The number of nitrogens with zero attached hydrogens (tertiary/aromatic N) is 4. The van der Waals surface area contributed by atoms with Gasteiger partial charge in [-0.2, -0.15) is 0 Å². The number of carbonyl (C=O) groups excluding carboxylic acids is 1. The fourth-order valence-corrected chi connectivity index (χ4v) is 5.52. The fourth-order valence-electron chi connectivity index (χ4n) is 5.52. The van der Waals surface area contributed by atoms with Crippen LogP contribution in [0.1, 0.15) is 25.3 Å². The van der Waals surface area contributed by atoms with Crippen LogP contribution in [0.3, 0.4) is 0 Å². The minimum absolute atomic E-state index is 0.201. The lowest BCUT2D eigenvalue weighted by Crippen LogP contribution is -2.55. The second-order valence-corrected chi connectivity index (χ2v) is 10.7. The molecular weight excluding hydrogens is 530 g/mol. The van der Waals surface area contributed by atoms with Gasteiger partial charge in [0.05, 0.1) is 40.9 Å². The molecule has 1 aliphatic heterocycles. The van der Waals surface area contributed by atoms with Crippen molar-refractivity contribution in [1.29, 1.82) is 0 Å². The zero-order chi connectivity index (χ0) is 28.9. The van der Waals surface area contributed by atoms with Crippen molar-refractivity contribution in [2.75, 3.05) is 38.3 Å². The lowest BCUT2D eigenvalue weighted by Gasteiger charge is -2.43. The van der Waals surface area contributed by atoms with Gasteiger partial charge < -0.3 is 19.5 Å². The number of aromatic nitrogens is 3. The van der Waals surface area contributed by atoms with Gasteiger partial charge in [0, 0.05) is 24.8 Å². The lowest BCUT2D eigenvalue weighted by atomic mass is 9.88. The first kappa shape index (κ1) is 27.7. The van der Waals surface area contributed by atoms with Crippen molar-refractivity contribution in [1.82, 2.24) is 19.7 Å². The van der Waals surface area contributed by atoms with Crippen LogP contribution in [-0.4, -0.2) is 59.4 Å². The summed E-state index contributed by atoms with van der Waals surface area (Å²) in [4.78, 5) is 25.5. The van der Waals surface area contributed by atoms with Crippen molar-refractivity contribution in [2.45, 2.75) is 31.9 Å². The van der Waals surface area contributed by atoms with E-state index in [0.29, 0.717) is 13.2 Å². The van der Waals surface area contributed by atoms with Gasteiger partial charge in [0.1, 0.15) is 24.6 Å². The van der Waals surface area contributed by atoms with Gasteiger partial charge in [-0.1, -0.05) is 48.5 Å². The number of methoxy groups -OCH3 is 1. The fraction of sp³-hybridized carbons (Fsp3) is 0.303. The average Bonchev–Trinajstić information content (AvgIpc) is 3.44.